The summed E-state index contributed by atoms with van der Waals surface area (Å²) in [6.45, 7) is 2.07. The summed E-state index contributed by atoms with van der Waals surface area (Å²) in [5.74, 6) is 1.75. The van der Waals surface area contributed by atoms with Crippen molar-refractivity contribution in [3.05, 3.63) is 89.0 Å². The average molecular weight is 402 g/mol. The Kier molecular flexibility index (Phi) is 5.72. The molecule has 154 valence electrons. The second-order valence-electron chi connectivity index (χ2n) is 7.43. The van der Waals surface area contributed by atoms with Crippen molar-refractivity contribution in [1.82, 2.24) is 5.32 Å². The zero-order valence-corrected chi connectivity index (χ0v) is 17.4. The molecule has 0 aliphatic carbocycles. The van der Waals surface area contributed by atoms with E-state index in [-0.39, 0.29) is 18.0 Å². The lowest BCUT2D eigenvalue weighted by atomic mass is 9.93. The average Bonchev–Trinajstić information content (AvgIpc) is 2.79. The van der Waals surface area contributed by atoms with E-state index in [9.17, 15) is 5.11 Å². The van der Waals surface area contributed by atoms with E-state index in [0.717, 1.165) is 33.9 Å². The number of methoxy groups -OCH3 is 2. The molecular weight excluding hydrogens is 376 g/mol. The highest BCUT2D eigenvalue weighted by atomic mass is 16.5. The number of hydrogen-bond acceptors (Lipinski definition) is 5. The largest absolute Gasteiger partial charge is 0.508 e. The first-order valence-corrected chi connectivity index (χ1v) is 9.98. The van der Waals surface area contributed by atoms with Crippen molar-refractivity contribution >= 4 is 5.71 Å². The van der Waals surface area contributed by atoms with Gasteiger partial charge in [-0.3, -0.25) is 10.3 Å². The molecule has 0 saturated heterocycles. The van der Waals surface area contributed by atoms with Crippen LogP contribution in [0.1, 0.15) is 40.9 Å². The Labute approximate surface area is 177 Å². The molecule has 2 atom stereocenters. The van der Waals surface area contributed by atoms with Gasteiger partial charge in [0, 0.05) is 29.3 Å². The van der Waals surface area contributed by atoms with E-state index in [2.05, 4.69) is 36.5 Å². The van der Waals surface area contributed by atoms with Crippen LogP contribution in [0.4, 0.5) is 0 Å². The van der Waals surface area contributed by atoms with Crippen LogP contribution >= 0.6 is 0 Å². The Balaban J connectivity index is 1.81. The minimum absolute atomic E-state index is 0.0964. The molecule has 1 heterocycles. The van der Waals surface area contributed by atoms with E-state index >= 15 is 0 Å². The first-order valence-electron chi connectivity index (χ1n) is 9.98. The monoisotopic (exact) mass is 402 g/mol. The van der Waals surface area contributed by atoms with Crippen LogP contribution in [0.2, 0.25) is 0 Å². The second-order valence-corrected chi connectivity index (χ2v) is 7.43. The smallest absolute Gasteiger partial charge is 0.130 e. The van der Waals surface area contributed by atoms with E-state index < -0.39 is 0 Å². The molecule has 0 radical (unpaired) electrons. The lowest BCUT2D eigenvalue weighted by molar-refractivity contribution is 0.374. The molecule has 0 bridgehead atoms. The quantitative estimate of drug-likeness (QED) is 0.634. The van der Waals surface area contributed by atoms with Gasteiger partial charge in [0.25, 0.3) is 0 Å². The first kappa shape index (κ1) is 20.0. The van der Waals surface area contributed by atoms with Crippen molar-refractivity contribution in [2.24, 2.45) is 4.99 Å². The molecule has 1 aliphatic rings. The molecule has 2 N–H and O–H groups in total. The number of ether oxygens (including phenoxy) is 2. The number of aromatic hydroxyl groups is 1. The third-order valence-corrected chi connectivity index (χ3v) is 5.47. The minimum atomic E-state index is -0.343. The van der Waals surface area contributed by atoms with Crippen LogP contribution in [-0.4, -0.2) is 25.0 Å². The van der Waals surface area contributed by atoms with Gasteiger partial charge in [0.1, 0.15) is 23.4 Å². The van der Waals surface area contributed by atoms with Crippen LogP contribution in [0.25, 0.3) is 0 Å². The van der Waals surface area contributed by atoms with E-state index in [1.54, 1.807) is 20.3 Å². The third-order valence-electron chi connectivity index (χ3n) is 5.47. The highest BCUT2D eigenvalue weighted by Gasteiger charge is 2.29. The van der Waals surface area contributed by atoms with Crippen molar-refractivity contribution < 1.29 is 14.6 Å². The summed E-state index contributed by atoms with van der Waals surface area (Å²) in [6, 6.07) is 21.4. The summed E-state index contributed by atoms with van der Waals surface area (Å²) in [4.78, 5) is 5.03. The molecule has 30 heavy (non-hydrogen) atoms. The van der Waals surface area contributed by atoms with Crippen LogP contribution in [0.15, 0.2) is 71.7 Å². The highest BCUT2D eigenvalue weighted by molar-refractivity contribution is 6.01. The van der Waals surface area contributed by atoms with Gasteiger partial charge in [0.15, 0.2) is 0 Å². The predicted octanol–water partition coefficient (Wildman–Crippen LogP) is 4.94. The van der Waals surface area contributed by atoms with E-state index in [1.165, 1.54) is 5.56 Å². The zero-order valence-electron chi connectivity index (χ0n) is 17.4. The van der Waals surface area contributed by atoms with E-state index in [0.29, 0.717) is 6.42 Å². The number of aryl methyl sites for hydroxylation is 1. The Morgan fingerprint density at radius 2 is 1.70 bits per heavy atom. The molecule has 3 aromatic carbocycles. The van der Waals surface area contributed by atoms with Gasteiger partial charge in [-0.1, -0.05) is 48.0 Å². The van der Waals surface area contributed by atoms with E-state index in [1.807, 2.05) is 36.4 Å². The molecule has 0 spiro atoms. The first-order chi connectivity index (χ1) is 14.6. The van der Waals surface area contributed by atoms with Crippen LogP contribution < -0.4 is 14.8 Å². The number of nitrogens with zero attached hydrogens (tertiary/aromatic N) is 1. The SMILES string of the molecule is COc1ccc(OC)c([C@H]2N=C(c3ccc(C)cc3)C[C@@H](c3ccccc3O)N2)c1. The van der Waals surface area contributed by atoms with Gasteiger partial charge in [0.05, 0.1) is 14.2 Å². The molecule has 4 rings (SSSR count). The molecule has 0 amide bonds. The second kappa shape index (κ2) is 8.59. The molecular formula is C25H26N2O3. The van der Waals surface area contributed by atoms with Crippen molar-refractivity contribution in [2.75, 3.05) is 14.2 Å². The van der Waals surface area contributed by atoms with Crippen LogP contribution in [0.3, 0.4) is 0 Å². The number of phenols is 1. The van der Waals surface area contributed by atoms with Crippen molar-refractivity contribution in [1.29, 1.82) is 0 Å². The van der Waals surface area contributed by atoms with Gasteiger partial charge in [0.2, 0.25) is 0 Å². The number of rotatable bonds is 5. The normalized spacial score (nSPS) is 18.6. The molecule has 0 unspecified atom stereocenters. The van der Waals surface area contributed by atoms with Gasteiger partial charge in [-0.25, -0.2) is 0 Å². The number of nitrogens with one attached hydrogen (secondary N) is 1. The molecule has 0 aromatic heterocycles. The minimum Gasteiger partial charge on any atom is -0.508 e. The van der Waals surface area contributed by atoms with Gasteiger partial charge >= 0.3 is 0 Å². The molecule has 0 fully saturated rings. The summed E-state index contributed by atoms with van der Waals surface area (Å²) in [6.07, 6.45) is 0.327. The maximum atomic E-state index is 10.5. The maximum Gasteiger partial charge on any atom is 0.130 e. The fourth-order valence-electron chi connectivity index (χ4n) is 3.82. The van der Waals surface area contributed by atoms with Crippen molar-refractivity contribution in [3.63, 3.8) is 0 Å². The zero-order chi connectivity index (χ0) is 21.1. The van der Waals surface area contributed by atoms with Gasteiger partial charge < -0.3 is 14.6 Å². The van der Waals surface area contributed by atoms with Crippen molar-refractivity contribution in [2.45, 2.75) is 25.6 Å². The number of aliphatic imine (C=N–C) groups is 1. The topological polar surface area (TPSA) is 63.1 Å². The van der Waals surface area contributed by atoms with Crippen LogP contribution in [0, 0.1) is 6.92 Å². The third kappa shape index (κ3) is 4.02. The Morgan fingerprint density at radius 1 is 0.933 bits per heavy atom. The maximum absolute atomic E-state index is 10.5. The fourth-order valence-corrected chi connectivity index (χ4v) is 3.82. The molecule has 1 aliphatic heterocycles. The molecule has 5 heteroatoms. The van der Waals surface area contributed by atoms with Crippen LogP contribution in [-0.2, 0) is 0 Å². The Morgan fingerprint density at radius 3 is 2.40 bits per heavy atom. The predicted molar refractivity (Wildman–Crippen MR) is 119 cm³/mol. The standard InChI is InChI=1S/C25H26N2O3/c1-16-8-10-17(11-9-16)21-15-22(19-6-4-5-7-23(19)28)27-25(26-21)20-14-18(29-2)12-13-24(20)30-3/h4-14,22,25,27-28H,15H2,1-3H3/t22-,25-/m0/s1. The van der Waals surface area contributed by atoms with Gasteiger partial charge in [-0.15, -0.1) is 0 Å². The number of benzene rings is 3. The number of hydrogen-bond donors (Lipinski definition) is 2. The summed E-state index contributed by atoms with van der Waals surface area (Å²) < 4.78 is 11.0. The van der Waals surface area contributed by atoms with Gasteiger partial charge in [-0.2, -0.15) is 0 Å². The molecule has 0 saturated carbocycles. The molecule has 5 nitrogen and oxygen atoms in total. The molecule has 3 aromatic rings. The van der Waals surface area contributed by atoms with Gasteiger partial charge in [-0.05, 0) is 36.8 Å². The Hall–Kier alpha value is -3.31. The highest BCUT2D eigenvalue weighted by Crippen LogP contribution is 2.38. The van der Waals surface area contributed by atoms with E-state index in [4.69, 9.17) is 14.5 Å². The Bertz CT molecular complexity index is 1060. The lowest BCUT2D eigenvalue weighted by Gasteiger charge is -2.31. The van der Waals surface area contributed by atoms with Crippen LogP contribution in [0.5, 0.6) is 17.2 Å². The summed E-state index contributed by atoms with van der Waals surface area (Å²) in [5.41, 5.74) is 5.01. The summed E-state index contributed by atoms with van der Waals surface area (Å²) in [5, 5.41) is 14.1. The number of para-hydroxylation sites is 1. The lowest BCUT2D eigenvalue weighted by Crippen LogP contribution is -2.33. The van der Waals surface area contributed by atoms with Crippen molar-refractivity contribution in [3.8, 4) is 17.2 Å². The number of phenolic OH excluding ortho intramolecular Hbond substituents is 1. The fraction of sp³-hybridized carbons (Fsp3) is 0.240. The summed E-state index contributed by atoms with van der Waals surface area (Å²) in [7, 11) is 3.30. The summed E-state index contributed by atoms with van der Waals surface area (Å²) >= 11 is 0.